The van der Waals surface area contributed by atoms with Crippen molar-refractivity contribution in [2.45, 2.75) is 13.3 Å². The van der Waals surface area contributed by atoms with Gasteiger partial charge in [0, 0.05) is 6.54 Å². The Morgan fingerprint density at radius 1 is 1.50 bits per heavy atom. The van der Waals surface area contributed by atoms with Crippen molar-refractivity contribution in [3.05, 3.63) is 0 Å². The summed E-state index contributed by atoms with van der Waals surface area (Å²) in [5, 5.41) is 0. The Bertz CT molecular complexity index is 143. The van der Waals surface area contributed by atoms with Gasteiger partial charge in [0.25, 0.3) is 0 Å². The largest absolute Gasteiger partial charge is 0.351 e. The van der Waals surface area contributed by atoms with Crippen LogP contribution in [0.2, 0.25) is 0 Å². The highest BCUT2D eigenvalue weighted by molar-refractivity contribution is 7.78. The number of nitrogens with zero attached hydrogens (tertiary/aromatic N) is 2. The van der Waals surface area contributed by atoms with E-state index in [1.54, 1.807) is 0 Å². The highest BCUT2D eigenvalue weighted by Gasteiger charge is 2.03. The summed E-state index contributed by atoms with van der Waals surface area (Å²) < 4.78 is 1.23. The Morgan fingerprint density at radius 3 is 2.50 bits per heavy atom. The van der Waals surface area contributed by atoms with Crippen LogP contribution in [0, 0.1) is 0 Å². The molecule has 2 N–H and O–H groups in total. The maximum atomic E-state index is 10.5. The number of urea groups is 1. The van der Waals surface area contributed by atoms with Crippen molar-refractivity contribution in [1.29, 1.82) is 0 Å². The summed E-state index contributed by atoms with van der Waals surface area (Å²) in [5.41, 5.74) is 4.98. The van der Waals surface area contributed by atoms with Gasteiger partial charge in [-0.3, -0.25) is 4.31 Å². The number of primary amides is 1. The van der Waals surface area contributed by atoms with Crippen LogP contribution in [0.5, 0.6) is 0 Å². The molecule has 0 aromatic rings. The number of thiol groups is 1. The molecule has 0 bridgehead atoms. The molecule has 0 aliphatic rings. The van der Waals surface area contributed by atoms with Gasteiger partial charge in [0.05, 0.1) is 0 Å². The van der Waals surface area contributed by atoms with Gasteiger partial charge in [-0.25, -0.2) is 4.79 Å². The molecule has 0 aliphatic heterocycles. The van der Waals surface area contributed by atoms with Crippen LogP contribution in [0.3, 0.4) is 0 Å². The molecule has 72 valence electrons. The third-order valence-electron chi connectivity index (χ3n) is 1.70. The Morgan fingerprint density at radius 2 is 2.08 bits per heavy atom. The highest BCUT2D eigenvalue weighted by Crippen LogP contribution is 1.95. The van der Waals surface area contributed by atoms with Crippen molar-refractivity contribution >= 4 is 18.8 Å². The van der Waals surface area contributed by atoms with Gasteiger partial charge in [0.1, 0.15) is 0 Å². The molecule has 5 heteroatoms. The summed E-state index contributed by atoms with van der Waals surface area (Å²) in [6.07, 6.45) is 0.900. The molecule has 0 fully saturated rings. The molecule has 0 saturated carbocycles. The fourth-order valence-corrected chi connectivity index (χ4v) is 0.900. The van der Waals surface area contributed by atoms with Gasteiger partial charge >= 0.3 is 6.03 Å². The van der Waals surface area contributed by atoms with E-state index in [0.29, 0.717) is 6.54 Å². The van der Waals surface area contributed by atoms with E-state index in [1.807, 2.05) is 7.05 Å². The number of amides is 2. The van der Waals surface area contributed by atoms with Crippen LogP contribution in [0.1, 0.15) is 13.3 Å². The summed E-state index contributed by atoms with van der Waals surface area (Å²) >= 11 is 3.90. The average molecular weight is 191 g/mol. The number of nitrogens with two attached hydrogens (primary N) is 1. The van der Waals surface area contributed by atoms with Crippen molar-refractivity contribution in [1.82, 2.24) is 9.21 Å². The fourth-order valence-electron chi connectivity index (χ4n) is 0.759. The molecule has 0 spiro atoms. The van der Waals surface area contributed by atoms with E-state index in [1.165, 1.54) is 4.31 Å². The molecule has 0 rings (SSSR count). The topological polar surface area (TPSA) is 49.6 Å². The van der Waals surface area contributed by atoms with Gasteiger partial charge < -0.3 is 10.6 Å². The van der Waals surface area contributed by atoms with Crippen LogP contribution in [-0.4, -0.2) is 41.9 Å². The molecule has 4 nitrogen and oxygen atoms in total. The summed E-state index contributed by atoms with van der Waals surface area (Å²) in [6.45, 7) is 4.67. The fraction of sp³-hybridized carbons (Fsp3) is 0.857. The zero-order valence-electron chi connectivity index (χ0n) is 7.66. The van der Waals surface area contributed by atoms with E-state index >= 15 is 0 Å². The first-order valence-corrected chi connectivity index (χ1v) is 4.42. The molecule has 0 atom stereocenters. The van der Waals surface area contributed by atoms with Gasteiger partial charge in [-0.1, -0.05) is 19.7 Å². The first-order chi connectivity index (χ1) is 5.57. The Hall–Kier alpha value is -0.420. The van der Waals surface area contributed by atoms with E-state index in [4.69, 9.17) is 5.73 Å². The van der Waals surface area contributed by atoms with Gasteiger partial charge in [-0.15, -0.1) is 0 Å². The second-order valence-corrected chi connectivity index (χ2v) is 3.19. The Kier molecular flexibility index (Phi) is 5.92. The maximum absolute atomic E-state index is 10.5. The van der Waals surface area contributed by atoms with E-state index in [0.717, 1.165) is 19.5 Å². The molecule has 0 radical (unpaired) electrons. The summed E-state index contributed by atoms with van der Waals surface area (Å²) in [5.74, 6) is 0. The normalized spacial score (nSPS) is 10.3. The van der Waals surface area contributed by atoms with Crippen LogP contribution in [0.25, 0.3) is 0 Å². The van der Waals surface area contributed by atoms with Crippen LogP contribution >= 0.6 is 12.8 Å². The minimum atomic E-state index is -0.488. The molecule has 0 heterocycles. The second kappa shape index (κ2) is 6.14. The number of carbonyl (C=O) groups is 1. The predicted octanol–water partition coefficient (Wildman–Crippen LogP) is 0.554. The molecule has 0 saturated heterocycles. The zero-order chi connectivity index (χ0) is 9.56. The monoisotopic (exact) mass is 191 g/mol. The minimum absolute atomic E-state index is 0.488. The predicted molar refractivity (Wildman–Crippen MR) is 53.1 cm³/mol. The van der Waals surface area contributed by atoms with Crippen molar-refractivity contribution in [2.24, 2.45) is 5.73 Å². The number of rotatable bonds is 5. The molecule has 0 unspecified atom stereocenters. The lowest BCUT2D eigenvalue weighted by Gasteiger charge is -2.16. The van der Waals surface area contributed by atoms with E-state index < -0.39 is 6.03 Å². The molecule has 2 amide bonds. The Labute approximate surface area is 79.2 Å². The van der Waals surface area contributed by atoms with Crippen molar-refractivity contribution in [2.75, 3.05) is 26.7 Å². The van der Waals surface area contributed by atoms with Crippen LogP contribution in [0.4, 0.5) is 4.79 Å². The third kappa shape index (κ3) is 5.26. The Balaban J connectivity index is 3.37. The first-order valence-electron chi connectivity index (χ1n) is 4.02. The second-order valence-electron chi connectivity index (χ2n) is 2.71. The van der Waals surface area contributed by atoms with Crippen LogP contribution < -0.4 is 5.73 Å². The minimum Gasteiger partial charge on any atom is -0.351 e. The van der Waals surface area contributed by atoms with E-state index in [9.17, 15) is 4.79 Å². The smallest absolute Gasteiger partial charge is 0.324 e. The third-order valence-corrected chi connectivity index (χ3v) is 2.10. The van der Waals surface area contributed by atoms with Gasteiger partial charge in [-0.05, 0) is 26.6 Å². The van der Waals surface area contributed by atoms with Crippen molar-refractivity contribution < 1.29 is 4.79 Å². The number of hydrogen-bond acceptors (Lipinski definition) is 3. The van der Waals surface area contributed by atoms with Gasteiger partial charge in [0.2, 0.25) is 0 Å². The quantitative estimate of drug-likeness (QED) is 0.624. The standard InChI is InChI=1S/C7H17N3OS/c1-3-9(2)5-4-6-10(12)7(8)11/h12H,3-6H2,1-2H3,(H2,8,11). The lowest BCUT2D eigenvalue weighted by molar-refractivity contribution is 0.233. The van der Waals surface area contributed by atoms with Crippen molar-refractivity contribution in [3.8, 4) is 0 Å². The molecule has 12 heavy (non-hydrogen) atoms. The number of carbonyl (C=O) groups excluding carboxylic acids is 1. The molecular weight excluding hydrogens is 174 g/mol. The lowest BCUT2D eigenvalue weighted by atomic mass is 10.4. The lowest BCUT2D eigenvalue weighted by Crippen LogP contribution is -2.30. The van der Waals surface area contributed by atoms with E-state index in [2.05, 4.69) is 24.6 Å². The molecule has 0 aromatic carbocycles. The number of hydrogen-bond donors (Lipinski definition) is 2. The van der Waals surface area contributed by atoms with E-state index in [-0.39, 0.29) is 0 Å². The van der Waals surface area contributed by atoms with Gasteiger partial charge in [-0.2, -0.15) is 0 Å². The molecular formula is C7H17N3OS. The maximum Gasteiger partial charge on any atom is 0.324 e. The molecule has 0 aromatic heterocycles. The molecule has 0 aliphatic carbocycles. The summed E-state index contributed by atoms with van der Waals surface area (Å²) in [6, 6.07) is -0.488. The van der Waals surface area contributed by atoms with Crippen molar-refractivity contribution in [3.63, 3.8) is 0 Å². The first kappa shape index (κ1) is 11.6. The summed E-state index contributed by atoms with van der Waals surface area (Å²) in [4.78, 5) is 12.7. The van der Waals surface area contributed by atoms with Gasteiger partial charge in [0.15, 0.2) is 0 Å². The summed E-state index contributed by atoms with van der Waals surface area (Å²) in [7, 11) is 2.03. The highest BCUT2D eigenvalue weighted by atomic mass is 32.1. The van der Waals surface area contributed by atoms with Crippen LogP contribution in [0.15, 0.2) is 0 Å². The van der Waals surface area contributed by atoms with Crippen LogP contribution in [-0.2, 0) is 0 Å². The zero-order valence-corrected chi connectivity index (χ0v) is 8.55. The SMILES string of the molecule is CCN(C)CCCN(S)C(N)=O. The average Bonchev–Trinajstić information content (AvgIpc) is 2.03.